The molecule has 0 atom stereocenters. The molecule has 0 aliphatic rings. The second-order valence-electron chi connectivity index (χ2n) is 4.93. The van der Waals surface area contributed by atoms with Gasteiger partial charge in [-0.15, -0.1) is 0 Å². The summed E-state index contributed by atoms with van der Waals surface area (Å²) in [5.41, 5.74) is 2.15. The summed E-state index contributed by atoms with van der Waals surface area (Å²) in [5.74, 6) is 0. The minimum absolute atomic E-state index is 0.0538. The Morgan fingerprint density at radius 1 is 1.15 bits per heavy atom. The molecule has 0 aliphatic heterocycles. The molecule has 4 nitrogen and oxygen atoms in total. The van der Waals surface area contributed by atoms with Crippen molar-refractivity contribution in [1.29, 1.82) is 0 Å². The van der Waals surface area contributed by atoms with E-state index in [0.717, 1.165) is 29.4 Å². The zero-order valence-corrected chi connectivity index (χ0v) is 11.5. The van der Waals surface area contributed by atoms with Gasteiger partial charge in [-0.3, -0.25) is 14.1 Å². The Hall–Kier alpha value is -2.36. The summed E-state index contributed by atoms with van der Waals surface area (Å²) in [6.07, 6.45) is 6.46. The average molecular weight is 267 g/mol. The van der Waals surface area contributed by atoms with Crippen LogP contribution in [-0.2, 0) is 13.1 Å². The van der Waals surface area contributed by atoms with Crippen molar-refractivity contribution in [2.24, 2.45) is 0 Å². The number of rotatable bonds is 4. The molecule has 0 radical (unpaired) electrons. The third-order valence-electron chi connectivity index (χ3n) is 3.40. The van der Waals surface area contributed by atoms with Gasteiger partial charge in [0.2, 0.25) is 0 Å². The molecule has 1 aromatic carbocycles. The number of hydrogen-bond donors (Lipinski definition) is 0. The van der Waals surface area contributed by atoms with E-state index in [-0.39, 0.29) is 5.69 Å². The van der Waals surface area contributed by atoms with Crippen LogP contribution in [0.5, 0.6) is 0 Å². The molecule has 0 N–H and O–H groups in total. The van der Waals surface area contributed by atoms with Gasteiger partial charge in [0, 0.05) is 30.5 Å². The summed E-state index contributed by atoms with van der Waals surface area (Å²) in [6, 6.07) is 10.1. The molecule has 4 heteroatoms. The first kappa shape index (κ1) is 12.7. The molecule has 0 unspecified atom stereocenters. The number of nitrogens with zero attached hydrogens (tertiary/aromatic N) is 3. The molecule has 3 aromatic rings. The highest BCUT2D eigenvalue weighted by molar-refractivity contribution is 5.78. The second-order valence-corrected chi connectivity index (χ2v) is 4.93. The molecule has 0 saturated carbocycles. The summed E-state index contributed by atoms with van der Waals surface area (Å²) in [6.45, 7) is 3.44. The zero-order chi connectivity index (χ0) is 13.9. The molecule has 3 rings (SSSR count). The molecule has 2 aromatic heterocycles. The minimum atomic E-state index is 0.0538. The van der Waals surface area contributed by atoms with Crippen molar-refractivity contribution in [3.8, 4) is 0 Å². The van der Waals surface area contributed by atoms with E-state index in [1.54, 1.807) is 15.3 Å². The van der Waals surface area contributed by atoms with Crippen LogP contribution >= 0.6 is 0 Å². The van der Waals surface area contributed by atoms with Crippen LogP contribution in [-0.4, -0.2) is 14.1 Å². The molecule has 102 valence electrons. The van der Waals surface area contributed by atoms with Crippen molar-refractivity contribution in [3.63, 3.8) is 0 Å². The number of benzene rings is 1. The second kappa shape index (κ2) is 5.33. The first-order valence-corrected chi connectivity index (χ1v) is 6.87. The largest absolute Gasteiger partial charge is 0.328 e. The molecule has 0 aliphatic carbocycles. The predicted octanol–water partition coefficient (Wildman–Crippen LogP) is 2.66. The van der Waals surface area contributed by atoms with Gasteiger partial charge in [0.25, 0.3) is 0 Å². The summed E-state index contributed by atoms with van der Waals surface area (Å²) in [5, 5.41) is 1.10. The van der Waals surface area contributed by atoms with Gasteiger partial charge in [0.1, 0.15) is 0 Å². The van der Waals surface area contributed by atoms with Crippen molar-refractivity contribution in [1.82, 2.24) is 14.1 Å². The van der Waals surface area contributed by atoms with E-state index >= 15 is 0 Å². The molecule has 0 fully saturated rings. The number of pyridine rings is 1. The lowest BCUT2D eigenvalue weighted by molar-refractivity contribution is 0.624. The van der Waals surface area contributed by atoms with Gasteiger partial charge < -0.3 is 0 Å². The highest BCUT2D eigenvalue weighted by Gasteiger charge is 2.04. The smallest absolute Gasteiger partial charge is 0.299 e. The quantitative estimate of drug-likeness (QED) is 0.729. The Kier molecular flexibility index (Phi) is 3.37. The lowest BCUT2D eigenvalue weighted by Crippen LogP contribution is -2.24. The van der Waals surface area contributed by atoms with Gasteiger partial charge in [-0.2, -0.15) is 0 Å². The number of aryl methyl sites for hydroxylation is 1. The Bertz CT molecular complexity index is 786. The van der Waals surface area contributed by atoms with E-state index in [9.17, 15) is 4.79 Å². The lowest BCUT2D eigenvalue weighted by Gasteiger charge is -2.04. The van der Waals surface area contributed by atoms with E-state index in [1.807, 2.05) is 36.7 Å². The van der Waals surface area contributed by atoms with Crippen LogP contribution in [0.4, 0.5) is 0 Å². The summed E-state index contributed by atoms with van der Waals surface area (Å²) >= 11 is 0. The Morgan fingerprint density at radius 3 is 2.85 bits per heavy atom. The van der Waals surface area contributed by atoms with E-state index < -0.39 is 0 Å². The molecule has 0 spiro atoms. The topological polar surface area (TPSA) is 39.8 Å². The molecular formula is C16H17N3O. The van der Waals surface area contributed by atoms with Crippen molar-refractivity contribution in [2.45, 2.75) is 26.4 Å². The van der Waals surface area contributed by atoms with E-state index in [1.165, 1.54) is 0 Å². The van der Waals surface area contributed by atoms with Gasteiger partial charge >= 0.3 is 5.69 Å². The molecule has 2 heterocycles. The summed E-state index contributed by atoms with van der Waals surface area (Å²) in [4.78, 5) is 16.4. The molecule has 0 bridgehead atoms. The highest BCUT2D eigenvalue weighted by atomic mass is 16.1. The Labute approximate surface area is 117 Å². The maximum absolute atomic E-state index is 12.1. The highest BCUT2D eigenvalue weighted by Crippen LogP contribution is 2.13. The molecule has 0 amide bonds. The summed E-state index contributed by atoms with van der Waals surface area (Å²) < 4.78 is 3.50. The van der Waals surface area contributed by atoms with Gasteiger partial charge in [0.05, 0.1) is 12.1 Å². The van der Waals surface area contributed by atoms with Gasteiger partial charge in [-0.05, 0) is 30.2 Å². The number of hydrogen-bond acceptors (Lipinski definition) is 2. The molecule has 0 saturated heterocycles. The maximum Gasteiger partial charge on any atom is 0.328 e. The van der Waals surface area contributed by atoms with Crippen LogP contribution in [0, 0.1) is 0 Å². The fraction of sp³-hybridized carbons (Fsp3) is 0.250. The molecule has 20 heavy (non-hydrogen) atoms. The maximum atomic E-state index is 12.1. The standard InChI is InChI=1S/C16H17N3O/c1-2-8-18-9-10-19(16(18)20)12-13-5-6-15-14(11-13)4-3-7-17-15/h3-7,9-11H,2,8,12H2,1H3. The van der Waals surface area contributed by atoms with Crippen LogP contribution in [0.1, 0.15) is 18.9 Å². The van der Waals surface area contributed by atoms with Gasteiger partial charge in [-0.25, -0.2) is 4.79 Å². The number of aromatic nitrogens is 3. The fourth-order valence-electron chi connectivity index (χ4n) is 2.41. The van der Waals surface area contributed by atoms with E-state index in [0.29, 0.717) is 6.54 Å². The minimum Gasteiger partial charge on any atom is -0.299 e. The zero-order valence-electron chi connectivity index (χ0n) is 11.5. The van der Waals surface area contributed by atoms with Crippen LogP contribution in [0.25, 0.3) is 10.9 Å². The van der Waals surface area contributed by atoms with E-state index in [2.05, 4.69) is 18.0 Å². The SMILES string of the molecule is CCCn1ccn(Cc2ccc3ncccc3c2)c1=O. The first-order valence-electron chi connectivity index (χ1n) is 6.87. The molecular weight excluding hydrogens is 250 g/mol. The summed E-state index contributed by atoms with van der Waals surface area (Å²) in [7, 11) is 0. The van der Waals surface area contributed by atoms with E-state index in [4.69, 9.17) is 0 Å². The van der Waals surface area contributed by atoms with Crippen LogP contribution in [0.2, 0.25) is 0 Å². The third-order valence-corrected chi connectivity index (χ3v) is 3.40. The Morgan fingerprint density at radius 2 is 2.00 bits per heavy atom. The van der Waals surface area contributed by atoms with Gasteiger partial charge in [-0.1, -0.05) is 19.1 Å². The predicted molar refractivity (Wildman–Crippen MR) is 79.8 cm³/mol. The lowest BCUT2D eigenvalue weighted by atomic mass is 10.1. The van der Waals surface area contributed by atoms with Crippen LogP contribution in [0.3, 0.4) is 0 Å². The average Bonchev–Trinajstić information content (AvgIpc) is 2.81. The van der Waals surface area contributed by atoms with Crippen molar-refractivity contribution >= 4 is 10.9 Å². The Balaban J connectivity index is 1.91. The monoisotopic (exact) mass is 267 g/mol. The fourth-order valence-corrected chi connectivity index (χ4v) is 2.41. The third kappa shape index (κ3) is 2.37. The first-order chi connectivity index (χ1) is 9.78. The van der Waals surface area contributed by atoms with Crippen LogP contribution in [0.15, 0.2) is 53.7 Å². The number of imidazole rings is 1. The van der Waals surface area contributed by atoms with Crippen molar-refractivity contribution in [3.05, 3.63) is 65.0 Å². The van der Waals surface area contributed by atoms with Crippen molar-refractivity contribution < 1.29 is 0 Å². The van der Waals surface area contributed by atoms with Crippen LogP contribution < -0.4 is 5.69 Å². The normalized spacial score (nSPS) is 11.1. The van der Waals surface area contributed by atoms with Crippen molar-refractivity contribution in [2.75, 3.05) is 0 Å². The number of fused-ring (bicyclic) bond motifs is 1. The van der Waals surface area contributed by atoms with Gasteiger partial charge in [0.15, 0.2) is 0 Å².